The standard InChI is InChI=1S/C13H8FN3O2/c14-11-4-3-9(18)6-10(11)13-16-12(17-19-13)8-2-1-5-15-7-8/h1-7,18H. The fraction of sp³-hybridized carbons (Fsp3) is 0. The molecule has 0 aliphatic heterocycles. The number of rotatable bonds is 2. The average molecular weight is 257 g/mol. The van der Waals surface area contributed by atoms with E-state index in [1.165, 1.54) is 12.1 Å². The van der Waals surface area contributed by atoms with E-state index in [1.54, 1.807) is 24.5 Å². The van der Waals surface area contributed by atoms with E-state index in [1.807, 2.05) is 0 Å². The zero-order chi connectivity index (χ0) is 13.2. The number of hydrogen-bond donors (Lipinski definition) is 1. The number of benzene rings is 1. The summed E-state index contributed by atoms with van der Waals surface area (Å²) >= 11 is 0. The van der Waals surface area contributed by atoms with Crippen molar-refractivity contribution < 1.29 is 14.0 Å². The summed E-state index contributed by atoms with van der Waals surface area (Å²) in [6.45, 7) is 0. The SMILES string of the molecule is Oc1ccc(F)c(-c2nc(-c3cccnc3)no2)c1. The van der Waals surface area contributed by atoms with Crippen molar-refractivity contribution in [3.8, 4) is 28.6 Å². The van der Waals surface area contributed by atoms with E-state index < -0.39 is 5.82 Å². The number of halogens is 1. The minimum Gasteiger partial charge on any atom is -0.508 e. The van der Waals surface area contributed by atoms with Gasteiger partial charge in [-0.25, -0.2) is 4.39 Å². The van der Waals surface area contributed by atoms with Gasteiger partial charge in [0.15, 0.2) is 0 Å². The van der Waals surface area contributed by atoms with Gasteiger partial charge in [-0.2, -0.15) is 4.98 Å². The average Bonchev–Trinajstić information content (AvgIpc) is 2.92. The lowest BCUT2D eigenvalue weighted by atomic mass is 10.2. The molecule has 2 aromatic heterocycles. The molecule has 5 nitrogen and oxygen atoms in total. The lowest BCUT2D eigenvalue weighted by Crippen LogP contribution is -1.85. The van der Waals surface area contributed by atoms with Crippen LogP contribution in [0.3, 0.4) is 0 Å². The van der Waals surface area contributed by atoms with E-state index in [-0.39, 0.29) is 17.2 Å². The normalized spacial score (nSPS) is 10.6. The predicted octanol–water partition coefficient (Wildman–Crippen LogP) is 2.64. The van der Waals surface area contributed by atoms with Crippen molar-refractivity contribution in [2.75, 3.05) is 0 Å². The van der Waals surface area contributed by atoms with E-state index in [2.05, 4.69) is 15.1 Å². The van der Waals surface area contributed by atoms with E-state index >= 15 is 0 Å². The highest BCUT2D eigenvalue weighted by Gasteiger charge is 2.15. The summed E-state index contributed by atoms with van der Waals surface area (Å²) < 4.78 is 18.6. The van der Waals surface area contributed by atoms with Crippen molar-refractivity contribution in [1.82, 2.24) is 15.1 Å². The highest BCUT2D eigenvalue weighted by molar-refractivity contribution is 5.60. The fourth-order valence-corrected chi connectivity index (χ4v) is 1.62. The van der Waals surface area contributed by atoms with Gasteiger partial charge in [0, 0.05) is 18.0 Å². The van der Waals surface area contributed by atoms with Crippen molar-refractivity contribution >= 4 is 0 Å². The Balaban J connectivity index is 2.04. The van der Waals surface area contributed by atoms with Gasteiger partial charge in [0.1, 0.15) is 11.6 Å². The minimum absolute atomic E-state index is 0.00672. The molecule has 2 heterocycles. The topological polar surface area (TPSA) is 72.0 Å². The number of nitrogens with zero attached hydrogens (tertiary/aromatic N) is 3. The molecule has 6 heteroatoms. The summed E-state index contributed by atoms with van der Waals surface area (Å²) in [7, 11) is 0. The van der Waals surface area contributed by atoms with Crippen LogP contribution in [0.15, 0.2) is 47.2 Å². The van der Waals surface area contributed by atoms with E-state index in [9.17, 15) is 9.50 Å². The van der Waals surface area contributed by atoms with Gasteiger partial charge >= 0.3 is 0 Å². The third-order valence-electron chi connectivity index (χ3n) is 2.53. The number of pyridine rings is 1. The Morgan fingerprint density at radius 2 is 2.11 bits per heavy atom. The van der Waals surface area contributed by atoms with Crippen LogP contribution in [0.4, 0.5) is 4.39 Å². The highest BCUT2D eigenvalue weighted by Crippen LogP contribution is 2.26. The third kappa shape index (κ3) is 2.15. The van der Waals surface area contributed by atoms with Crippen molar-refractivity contribution in [3.05, 3.63) is 48.5 Å². The largest absolute Gasteiger partial charge is 0.508 e. The van der Waals surface area contributed by atoms with Gasteiger partial charge in [-0.05, 0) is 30.3 Å². The van der Waals surface area contributed by atoms with E-state index in [4.69, 9.17) is 4.52 Å². The van der Waals surface area contributed by atoms with E-state index in [0.717, 1.165) is 6.07 Å². The summed E-state index contributed by atoms with van der Waals surface area (Å²) in [6.07, 6.45) is 3.20. The van der Waals surface area contributed by atoms with Crippen molar-refractivity contribution in [1.29, 1.82) is 0 Å². The Morgan fingerprint density at radius 1 is 1.21 bits per heavy atom. The first-order valence-corrected chi connectivity index (χ1v) is 5.47. The summed E-state index contributed by atoms with van der Waals surface area (Å²) in [5, 5.41) is 13.1. The number of hydrogen-bond acceptors (Lipinski definition) is 5. The first-order chi connectivity index (χ1) is 9.24. The van der Waals surface area contributed by atoms with E-state index in [0.29, 0.717) is 11.4 Å². The molecule has 0 saturated heterocycles. The molecule has 0 saturated carbocycles. The van der Waals surface area contributed by atoms with Gasteiger partial charge < -0.3 is 9.63 Å². The predicted molar refractivity (Wildman–Crippen MR) is 64.6 cm³/mol. The third-order valence-corrected chi connectivity index (χ3v) is 2.53. The van der Waals surface area contributed by atoms with Crippen LogP contribution < -0.4 is 0 Å². The summed E-state index contributed by atoms with van der Waals surface area (Å²) in [6, 6.07) is 7.12. The molecule has 3 aromatic rings. The molecule has 19 heavy (non-hydrogen) atoms. The monoisotopic (exact) mass is 257 g/mol. The van der Waals surface area contributed by atoms with Crippen molar-refractivity contribution in [2.45, 2.75) is 0 Å². The number of aromatic hydroxyl groups is 1. The number of aromatic nitrogens is 3. The van der Waals surface area contributed by atoms with Crippen LogP contribution in [0.1, 0.15) is 0 Å². The van der Waals surface area contributed by atoms with Gasteiger partial charge in [0.25, 0.3) is 5.89 Å². The van der Waals surface area contributed by atoms with Gasteiger partial charge in [-0.1, -0.05) is 5.16 Å². The Hall–Kier alpha value is -2.76. The molecular formula is C13H8FN3O2. The maximum absolute atomic E-state index is 13.6. The Bertz CT molecular complexity index is 713. The zero-order valence-corrected chi connectivity index (χ0v) is 9.62. The van der Waals surface area contributed by atoms with Crippen LogP contribution in [-0.4, -0.2) is 20.2 Å². The van der Waals surface area contributed by atoms with Crippen LogP contribution in [0, 0.1) is 5.82 Å². The molecule has 0 spiro atoms. The van der Waals surface area contributed by atoms with Gasteiger partial charge in [-0.3, -0.25) is 4.98 Å². The summed E-state index contributed by atoms with van der Waals surface area (Å²) in [5.41, 5.74) is 0.723. The first-order valence-electron chi connectivity index (χ1n) is 5.47. The molecule has 1 N–H and O–H groups in total. The molecule has 0 aliphatic rings. The van der Waals surface area contributed by atoms with Crippen LogP contribution in [0.25, 0.3) is 22.8 Å². The smallest absolute Gasteiger partial charge is 0.261 e. The molecule has 0 amide bonds. The number of phenolic OH excluding ortho intramolecular Hbond substituents is 1. The molecule has 0 bridgehead atoms. The van der Waals surface area contributed by atoms with Gasteiger partial charge in [0.2, 0.25) is 5.82 Å². The maximum atomic E-state index is 13.6. The van der Waals surface area contributed by atoms with Crippen LogP contribution in [0.2, 0.25) is 0 Å². The molecule has 0 unspecified atom stereocenters. The molecular weight excluding hydrogens is 249 g/mol. The summed E-state index contributed by atoms with van der Waals surface area (Å²) in [5.74, 6) is -0.296. The molecule has 0 atom stereocenters. The fourth-order valence-electron chi connectivity index (χ4n) is 1.62. The highest BCUT2D eigenvalue weighted by atomic mass is 19.1. The van der Waals surface area contributed by atoms with Crippen LogP contribution in [-0.2, 0) is 0 Å². The second-order valence-corrected chi connectivity index (χ2v) is 3.83. The van der Waals surface area contributed by atoms with Gasteiger partial charge in [0.05, 0.1) is 5.56 Å². The maximum Gasteiger partial charge on any atom is 0.261 e. The second kappa shape index (κ2) is 4.49. The molecule has 3 rings (SSSR count). The van der Waals surface area contributed by atoms with Gasteiger partial charge in [-0.15, -0.1) is 0 Å². The minimum atomic E-state index is -0.542. The number of phenols is 1. The summed E-state index contributed by atoms with van der Waals surface area (Å²) in [4.78, 5) is 8.02. The Labute approximate surface area is 107 Å². The van der Waals surface area contributed by atoms with Crippen molar-refractivity contribution in [2.24, 2.45) is 0 Å². The lowest BCUT2D eigenvalue weighted by Gasteiger charge is -1.97. The quantitative estimate of drug-likeness (QED) is 0.764. The molecule has 0 fully saturated rings. The van der Waals surface area contributed by atoms with Crippen molar-refractivity contribution in [3.63, 3.8) is 0 Å². The first kappa shape index (κ1) is 11.3. The molecule has 1 aromatic carbocycles. The van der Waals surface area contributed by atoms with Crippen LogP contribution >= 0.6 is 0 Å². The molecule has 94 valence electrons. The Kier molecular flexibility index (Phi) is 2.68. The van der Waals surface area contributed by atoms with Crippen LogP contribution in [0.5, 0.6) is 5.75 Å². The lowest BCUT2D eigenvalue weighted by molar-refractivity contribution is 0.428. The molecule has 0 radical (unpaired) electrons. The second-order valence-electron chi connectivity index (χ2n) is 3.83. The zero-order valence-electron chi connectivity index (χ0n) is 9.62. The Morgan fingerprint density at radius 3 is 2.89 bits per heavy atom. The molecule has 0 aliphatic carbocycles.